The molecular formula is C12H13N6O4+. The third-order valence-electron chi connectivity index (χ3n) is 2.84. The molecule has 1 amide bonds. The second-order valence-electron chi connectivity index (χ2n) is 4.30. The lowest BCUT2D eigenvalue weighted by Gasteiger charge is -1.91. The van der Waals surface area contributed by atoms with Crippen molar-refractivity contribution in [3.05, 3.63) is 56.0 Å². The summed E-state index contributed by atoms with van der Waals surface area (Å²) in [5, 5.41) is 19.4. The van der Waals surface area contributed by atoms with Crippen molar-refractivity contribution >= 4 is 17.8 Å². The van der Waals surface area contributed by atoms with Crippen LogP contribution in [-0.2, 0) is 7.05 Å². The number of aryl methyl sites for hydroxylation is 1. The Hall–Kier alpha value is -3.30. The smallest absolute Gasteiger partial charge is 0.352 e. The molecule has 0 saturated carbocycles. The third kappa shape index (κ3) is 2.90. The monoisotopic (exact) mass is 305 g/mol. The van der Waals surface area contributed by atoms with E-state index >= 15 is 0 Å². The molecule has 1 aromatic carbocycles. The Balaban J connectivity index is 2.29. The van der Waals surface area contributed by atoms with Gasteiger partial charge in [0.1, 0.15) is 7.05 Å². The topological polar surface area (TPSA) is 126 Å². The molecule has 1 heterocycles. The van der Waals surface area contributed by atoms with E-state index in [4.69, 9.17) is 0 Å². The Kier molecular flexibility index (Phi) is 4.11. The highest BCUT2D eigenvalue weighted by Crippen LogP contribution is 2.10. The van der Waals surface area contributed by atoms with Crippen LogP contribution in [0.25, 0.3) is 0 Å². The number of H-pyrrole nitrogens is 1. The summed E-state index contributed by atoms with van der Waals surface area (Å²) in [5.74, 6) is -0.534. The number of nitrogens with one attached hydrogen (secondary N) is 2. The van der Waals surface area contributed by atoms with E-state index in [2.05, 4.69) is 15.6 Å². The summed E-state index contributed by atoms with van der Waals surface area (Å²) in [7, 11) is 2.92. The highest BCUT2D eigenvalue weighted by molar-refractivity contribution is 5.90. The van der Waals surface area contributed by atoms with Gasteiger partial charge in [-0.1, -0.05) is 10.3 Å². The molecule has 0 radical (unpaired) electrons. The summed E-state index contributed by atoms with van der Waals surface area (Å²) in [5.41, 5.74) is -0.179. The van der Waals surface area contributed by atoms with Crippen LogP contribution in [0.1, 0.15) is 16.1 Å². The van der Waals surface area contributed by atoms with E-state index in [1.54, 1.807) is 0 Å². The Bertz CT molecular complexity index is 802. The molecule has 0 saturated heterocycles. The number of aromatic nitrogens is 3. The predicted molar refractivity (Wildman–Crippen MR) is 75.7 cm³/mol. The number of nitro benzene ring substituents is 1. The van der Waals surface area contributed by atoms with Gasteiger partial charge < -0.3 is 5.32 Å². The van der Waals surface area contributed by atoms with Crippen molar-refractivity contribution in [2.45, 2.75) is 0 Å². The van der Waals surface area contributed by atoms with Gasteiger partial charge in [0.25, 0.3) is 5.69 Å². The molecule has 0 aliphatic heterocycles. The first-order valence-corrected chi connectivity index (χ1v) is 6.16. The first kappa shape index (κ1) is 15.1. The lowest BCUT2D eigenvalue weighted by atomic mass is 10.2. The van der Waals surface area contributed by atoms with Crippen molar-refractivity contribution in [1.29, 1.82) is 0 Å². The number of amides is 1. The molecule has 0 aliphatic carbocycles. The number of carbonyl (C=O) groups is 1. The van der Waals surface area contributed by atoms with Crippen molar-refractivity contribution in [3.63, 3.8) is 0 Å². The molecule has 22 heavy (non-hydrogen) atoms. The zero-order valence-electron chi connectivity index (χ0n) is 11.8. The van der Waals surface area contributed by atoms with Crippen molar-refractivity contribution in [3.8, 4) is 0 Å². The maximum Gasteiger partial charge on any atom is 0.432 e. The van der Waals surface area contributed by atoms with Crippen LogP contribution in [0.5, 0.6) is 0 Å². The van der Waals surface area contributed by atoms with E-state index in [0.29, 0.717) is 5.56 Å². The average molecular weight is 305 g/mol. The number of nitro groups is 1. The van der Waals surface area contributed by atoms with Gasteiger partial charge in [-0.2, -0.15) is 4.68 Å². The lowest BCUT2D eigenvalue weighted by molar-refractivity contribution is -0.734. The number of hydrogen-bond acceptors (Lipinski definition) is 5. The van der Waals surface area contributed by atoms with Gasteiger partial charge in [0.15, 0.2) is 0 Å². The summed E-state index contributed by atoms with van der Waals surface area (Å²) < 4.78 is 1.24. The minimum atomic E-state index is -0.611. The van der Waals surface area contributed by atoms with Crippen LogP contribution in [0, 0.1) is 10.1 Å². The normalized spacial score (nSPS) is 10.8. The quantitative estimate of drug-likeness (QED) is 0.330. The Morgan fingerprint density at radius 2 is 2.09 bits per heavy atom. The summed E-state index contributed by atoms with van der Waals surface area (Å²) in [6, 6.07) is 5.65. The molecule has 0 bridgehead atoms. The van der Waals surface area contributed by atoms with Crippen LogP contribution in [0.15, 0.2) is 34.2 Å². The average Bonchev–Trinajstić information content (AvgIpc) is 2.79. The highest BCUT2D eigenvalue weighted by Gasteiger charge is 2.25. The molecule has 114 valence electrons. The van der Waals surface area contributed by atoms with E-state index in [1.165, 1.54) is 49.3 Å². The Morgan fingerprint density at radius 1 is 1.45 bits per heavy atom. The van der Waals surface area contributed by atoms with E-state index in [-0.39, 0.29) is 11.4 Å². The molecule has 0 unspecified atom stereocenters. The van der Waals surface area contributed by atoms with Gasteiger partial charge in [-0.3, -0.25) is 14.9 Å². The molecular weight excluding hydrogens is 292 g/mol. The van der Waals surface area contributed by atoms with Crippen LogP contribution in [0.2, 0.25) is 0 Å². The van der Waals surface area contributed by atoms with E-state index in [1.807, 2.05) is 0 Å². The number of nitrogens with zero attached hydrogens (tertiary/aromatic N) is 4. The Morgan fingerprint density at radius 3 is 2.64 bits per heavy atom. The first-order chi connectivity index (χ1) is 10.4. The predicted octanol–water partition coefficient (Wildman–Crippen LogP) is -0.849. The number of benzene rings is 1. The van der Waals surface area contributed by atoms with Crippen LogP contribution < -0.4 is 15.6 Å². The molecule has 1 aromatic heterocycles. The molecule has 10 nitrogen and oxygen atoms in total. The fourth-order valence-electron chi connectivity index (χ4n) is 1.73. The van der Waals surface area contributed by atoms with Crippen LogP contribution >= 0.6 is 0 Å². The van der Waals surface area contributed by atoms with Gasteiger partial charge >= 0.3 is 17.2 Å². The van der Waals surface area contributed by atoms with E-state index in [9.17, 15) is 19.7 Å². The summed E-state index contributed by atoms with van der Waals surface area (Å²) in [6.07, 6.45) is 1.34. The molecule has 0 fully saturated rings. The van der Waals surface area contributed by atoms with Crippen molar-refractivity contribution in [2.24, 2.45) is 12.1 Å². The van der Waals surface area contributed by atoms with Crippen LogP contribution in [-0.4, -0.2) is 34.1 Å². The molecule has 10 heteroatoms. The Labute approximate surface area is 123 Å². The minimum absolute atomic E-state index is 0.0394. The van der Waals surface area contributed by atoms with Gasteiger partial charge in [-0.15, -0.1) is 0 Å². The largest absolute Gasteiger partial charge is 0.432 e. The number of carbonyl (C=O) groups excluding carboxylic acids is 1. The molecule has 0 spiro atoms. The van der Waals surface area contributed by atoms with Crippen molar-refractivity contribution in [2.75, 3.05) is 7.05 Å². The van der Waals surface area contributed by atoms with Crippen LogP contribution in [0.3, 0.4) is 0 Å². The maximum absolute atomic E-state index is 12.0. The highest BCUT2D eigenvalue weighted by atomic mass is 16.6. The fourth-order valence-corrected chi connectivity index (χ4v) is 1.73. The molecule has 0 aliphatic rings. The van der Waals surface area contributed by atoms with Gasteiger partial charge in [-0.25, -0.2) is 4.79 Å². The number of hydrogen-bond donors (Lipinski definition) is 2. The standard InChI is InChI=1S/C12H12N6O4/c1-13-11(19)10-12(20)17(15-16(10)2)14-7-8-3-5-9(6-4-8)18(21)22/h3-7H,1-2H3,(H-,13,15,19,20)/p+1/b14-7+. The van der Waals surface area contributed by atoms with E-state index in [0.717, 1.165) is 4.79 Å². The lowest BCUT2D eigenvalue weighted by Crippen LogP contribution is -2.42. The molecule has 0 atom stereocenters. The van der Waals surface area contributed by atoms with Gasteiger partial charge in [0.05, 0.1) is 11.1 Å². The molecule has 2 rings (SSSR count). The van der Waals surface area contributed by atoms with Gasteiger partial charge in [0.2, 0.25) is 0 Å². The first-order valence-electron chi connectivity index (χ1n) is 6.16. The summed E-state index contributed by atoms with van der Waals surface area (Å²) in [4.78, 5) is 34.5. The molecule has 2 N–H and O–H groups in total. The number of rotatable bonds is 4. The number of non-ortho nitro benzene ring substituents is 1. The van der Waals surface area contributed by atoms with Crippen LogP contribution in [0.4, 0.5) is 5.69 Å². The summed E-state index contributed by atoms with van der Waals surface area (Å²) >= 11 is 0. The number of aromatic amines is 1. The van der Waals surface area contributed by atoms with E-state index < -0.39 is 16.4 Å². The zero-order chi connectivity index (χ0) is 16.3. The van der Waals surface area contributed by atoms with Crippen molar-refractivity contribution < 1.29 is 14.4 Å². The van der Waals surface area contributed by atoms with Gasteiger partial charge in [-0.05, 0) is 17.7 Å². The minimum Gasteiger partial charge on any atom is -0.352 e. The third-order valence-corrected chi connectivity index (χ3v) is 2.84. The van der Waals surface area contributed by atoms with Crippen molar-refractivity contribution in [1.82, 2.24) is 15.3 Å². The summed E-state index contributed by atoms with van der Waals surface area (Å²) in [6.45, 7) is 0. The fraction of sp³-hybridized carbons (Fsp3) is 0.167. The molecule has 2 aromatic rings. The second kappa shape index (κ2) is 5.99. The zero-order valence-corrected chi connectivity index (χ0v) is 11.8. The maximum atomic E-state index is 12.0. The SMILES string of the molecule is CNC(=O)c1c(=O)n(/N=C/c2ccc([N+](=O)[O-])cc2)[nH][n+]1C. The second-order valence-corrected chi connectivity index (χ2v) is 4.30. The van der Waals surface area contributed by atoms with Gasteiger partial charge in [0, 0.05) is 24.0 Å².